The van der Waals surface area contributed by atoms with Crippen molar-refractivity contribution in [2.45, 2.75) is 19.6 Å². The van der Waals surface area contributed by atoms with Crippen molar-refractivity contribution in [2.24, 2.45) is 5.73 Å². The Labute approximate surface area is 65.6 Å². The summed E-state index contributed by atoms with van der Waals surface area (Å²) in [6, 6.07) is 0. The Morgan fingerprint density at radius 2 is 2.55 bits per heavy atom. The fraction of sp³-hybridized carbons (Fsp3) is 0.571. The average molecular weight is 155 g/mol. The number of nitrogens with two attached hydrogens (primary N) is 1. The van der Waals surface area contributed by atoms with Crippen LogP contribution in [0.2, 0.25) is 0 Å². The van der Waals surface area contributed by atoms with Crippen LogP contribution in [0.5, 0.6) is 0 Å². The van der Waals surface area contributed by atoms with E-state index in [1.165, 1.54) is 0 Å². The molecule has 0 saturated carbocycles. The number of aryl methyl sites for hydroxylation is 1. The highest BCUT2D eigenvalue weighted by molar-refractivity contribution is 5.07. The number of hydrogen-bond acceptors (Lipinski definition) is 3. The van der Waals surface area contributed by atoms with Gasteiger partial charge in [-0.1, -0.05) is 0 Å². The van der Waals surface area contributed by atoms with Crippen LogP contribution in [0.1, 0.15) is 18.6 Å². The van der Waals surface area contributed by atoms with Crippen LogP contribution in [-0.4, -0.2) is 21.4 Å². The molecule has 1 atom stereocenters. The van der Waals surface area contributed by atoms with E-state index in [2.05, 4.69) is 5.10 Å². The molecule has 0 bridgehead atoms. The molecule has 62 valence electrons. The maximum Gasteiger partial charge on any atom is 0.0942 e. The highest BCUT2D eigenvalue weighted by atomic mass is 16.3. The van der Waals surface area contributed by atoms with Gasteiger partial charge in [0.2, 0.25) is 0 Å². The summed E-state index contributed by atoms with van der Waals surface area (Å²) in [7, 11) is 0. The molecule has 0 aliphatic carbocycles. The second kappa shape index (κ2) is 3.50. The molecule has 4 nitrogen and oxygen atoms in total. The predicted molar refractivity (Wildman–Crippen MR) is 41.9 cm³/mol. The van der Waals surface area contributed by atoms with Crippen molar-refractivity contribution in [1.29, 1.82) is 0 Å². The first-order valence-corrected chi connectivity index (χ1v) is 3.68. The lowest BCUT2D eigenvalue weighted by molar-refractivity contribution is 0.186. The van der Waals surface area contributed by atoms with Gasteiger partial charge in [0.05, 0.1) is 12.3 Å². The summed E-state index contributed by atoms with van der Waals surface area (Å²) in [6.45, 7) is 3.05. The number of nitrogens with zero attached hydrogens (tertiary/aromatic N) is 2. The first-order chi connectivity index (χ1) is 5.27. The lowest BCUT2D eigenvalue weighted by atomic mass is 10.2. The summed E-state index contributed by atoms with van der Waals surface area (Å²) in [5.74, 6) is 0. The number of aliphatic hydroxyl groups is 1. The van der Waals surface area contributed by atoms with E-state index in [-0.39, 0.29) is 6.54 Å². The van der Waals surface area contributed by atoms with Gasteiger partial charge in [-0.25, -0.2) is 0 Å². The van der Waals surface area contributed by atoms with E-state index in [4.69, 9.17) is 5.73 Å². The standard InChI is InChI=1S/C7H13N3O/c1-2-10-5-6(4-9-10)7(11)3-8/h4-5,7,11H,2-3,8H2,1H3/t7-/m0/s1. The van der Waals surface area contributed by atoms with Crippen LogP contribution in [0.3, 0.4) is 0 Å². The number of aliphatic hydroxyl groups excluding tert-OH is 1. The third-order valence-electron chi connectivity index (χ3n) is 1.59. The minimum atomic E-state index is -0.574. The third-order valence-corrected chi connectivity index (χ3v) is 1.59. The molecule has 0 amide bonds. The van der Waals surface area contributed by atoms with Crippen LogP contribution < -0.4 is 5.73 Å². The van der Waals surface area contributed by atoms with Crippen molar-refractivity contribution in [3.05, 3.63) is 18.0 Å². The summed E-state index contributed by atoms with van der Waals surface area (Å²) in [5, 5.41) is 13.3. The van der Waals surface area contributed by atoms with Gasteiger partial charge in [0, 0.05) is 24.8 Å². The Kier molecular flexibility index (Phi) is 2.62. The molecule has 3 N–H and O–H groups in total. The van der Waals surface area contributed by atoms with E-state index in [9.17, 15) is 5.11 Å². The summed E-state index contributed by atoms with van der Waals surface area (Å²) < 4.78 is 1.76. The van der Waals surface area contributed by atoms with Crippen molar-refractivity contribution in [3.8, 4) is 0 Å². The van der Waals surface area contributed by atoms with E-state index >= 15 is 0 Å². The largest absolute Gasteiger partial charge is 0.387 e. The number of aromatic nitrogens is 2. The second-order valence-electron chi connectivity index (χ2n) is 2.38. The highest BCUT2D eigenvalue weighted by Gasteiger charge is 2.06. The van der Waals surface area contributed by atoms with Gasteiger partial charge in [-0.2, -0.15) is 5.10 Å². The van der Waals surface area contributed by atoms with Gasteiger partial charge >= 0.3 is 0 Å². The lowest BCUT2D eigenvalue weighted by Crippen LogP contribution is -2.10. The first-order valence-electron chi connectivity index (χ1n) is 3.68. The Morgan fingerprint density at radius 1 is 1.82 bits per heavy atom. The molecular formula is C7H13N3O. The Morgan fingerprint density at radius 3 is 3.00 bits per heavy atom. The minimum Gasteiger partial charge on any atom is -0.387 e. The van der Waals surface area contributed by atoms with Gasteiger partial charge in [-0.3, -0.25) is 4.68 Å². The number of hydrogen-bond donors (Lipinski definition) is 2. The van der Waals surface area contributed by atoms with E-state index in [1.807, 2.05) is 6.92 Å². The summed E-state index contributed by atoms with van der Waals surface area (Å²) in [5.41, 5.74) is 6.05. The summed E-state index contributed by atoms with van der Waals surface area (Å²) in [6.07, 6.45) is 2.87. The number of rotatable bonds is 3. The third kappa shape index (κ3) is 1.78. The second-order valence-corrected chi connectivity index (χ2v) is 2.38. The molecule has 0 spiro atoms. The minimum absolute atomic E-state index is 0.245. The van der Waals surface area contributed by atoms with Crippen LogP contribution in [0, 0.1) is 0 Å². The molecule has 1 heterocycles. The first kappa shape index (κ1) is 8.23. The molecule has 0 radical (unpaired) electrons. The molecule has 0 fully saturated rings. The molecular weight excluding hydrogens is 142 g/mol. The Hall–Kier alpha value is -0.870. The topological polar surface area (TPSA) is 64.1 Å². The molecule has 0 unspecified atom stereocenters. The van der Waals surface area contributed by atoms with Crippen LogP contribution in [0.25, 0.3) is 0 Å². The molecule has 0 saturated heterocycles. The zero-order valence-electron chi connectivity index (χ0n) is 6.57. The fourth-order valence-electron chi connectivity index (χ4n) is 0.861. The Balaban J connectivity index is 2.71. The van der Waals surface area contributed by atoms with Crippen LogP contribution >= 0.6 is 0 Å². The molecule has 1 aromatic heterocycles. The van der Waals surface area contributed by atoms with E-state index in [0.717, 1.165) is 12.1 Å². The monoisotopic (exact) mass is 155 g/mol. The summed E-state index contributed by atoms with van der Waals surface area (Å²) in [4.78, 5) is 0. The molecule has 1 aromatic rings. The van der Waals surface area contributed by atoms with Gasteiger partial charge < -0.3 is 10.8 Å². The van der Waals surface area contributed by atoms with Crippen molar-refractivity contribution in [2.75, 3.05) is 6.54 Å². The quantitative estimate of drug-likeness (QED) is 0.640. The van der Waals surface area contributed by atoms with Crippen molar-refractivity contribution < 1.29 is 5.11 Å². The fourth-order valence-corrected chi connectivity index (χ4v) is 0.861. The Bertz CT molecular complexity index is 221. The normalized spacial score (nSPS) is 13.4. The maximum atomic E-state index is 9.26. The van der Waals surface area contributed by atoms with Gasteiger partial charge in [0.15, 0.2) is 0 Å². The molecule has 0 aliphatic rings. The smallest absolute Gasteiger partial charge is 0.0942 e. The van der Waals surface area contributed by atoms with Gasteiger partial charge in [0.25, 0.3) is 0 Å². The predicted octanol–water partition coefficient (Wildman–Crippen LogP) is -0.105. The van der Waals surface area contributed by atoms with E-state index < -0.39 is 6.10 Å². The van der Waals surface area contributed by atoms with Gasteiger partial charge in [0.1, 0.15) is 0 Å². The molecule has 4 heteroatoms. The van der Waals surface area contributed by atoms with Crippen LogP contribution in [0.4, 0.5) is 0 Å². The van der Waals surface area contributed by atoms with Gasteiger partial charge in [-0.05, 0) is 6.92 Å². The molecule has 11 heavy (non-hydrogen) atoms. The van der Waals surface area contributed by atoms with Crippen LogP contribution in [0.15, 0.2) is 12.4 Å². The zero-order chi connectivity index (χ0) is 8.27. The van der Waals surface area contributed by atoms with Crippen molar-refractivity contribution in [1.82, 2.24) is 9.78 Å². The lowest BCUT2D eigenvalue weighted by Gasteiger charge is -2.01. The SMILES string of the molecule is CCn1cc([C@@H](O)CN)cn1. The van der Waals surface area contributed by atoms with Crippen molar-refractivity contribution >= 4 is 0 Å². The molecule has 1 rings (SSSR count). The average Bonchev–Trinajstić information content (AvgIpc) is 2.50. The van der Waals surface area contributed by atoms with E-state index in [1.54, 1.807) is 17.1 Å². The maximum absolute atomic E-state index is 9.26. The molecule has 0 aliphatic heterocycles. The van der Waals surface area contributed by atoms with Crippen molar-refractivity contribution in [3.63, 3.8) is 0 Å². The highest BCUT2D eigenvalue weighted by Crippen LogP contribution is 2.08. The van der Waals surface area contributed by atoms with Gasteiger partial charge in [-0.15, -0.1) is 0 Å². The van der Waals surface area contributed by atoms with Crippen LogP contribution in [-0.2, 0) is 6.54 Å². The summed E-state index contributed by atoms with van der Waals surface area (Å²) >= 11 is 0. The zero-order valence-corrected chi connectivity index (χ0v) is 6.57. The molecule has 0 aromatic carbocycles. The van der Waals surface area contributed by atoms with E-state index in [0.29, 0.717) is 0 Å².